The number of aromatic nitrogens is 2. The molecule has 0 unspecified atom stereocenters. The van der Waals surface area contributed by atoms with Crippen LogP contribution < -0.4 is 5.73 Å². The van der Waals surface area contributed by atoms with E-state index in [1.807, 2.05) is 18.2 Å². The molecule has 0 aliphatic rings. The summed E-state index contributed by atoms with van der Waals surface area (Å²) in [6.07, 6.45) is 0.802. The highest BCUT2D eigenvalue weighted by molar-refractivity contribution is 6.31. The van der Waals surface area contributed by atoms with Crippen LogP contribution in [0, 0.1) is 0 Å². The Bertz CT molecular complexity index is 422. The average molecular weight is 196 g/mol. The van der Waals surface area contributed by atoms with Crippen LogP contribution in [0.4, 0.5) is 0 Å². The minimum Gasteiger partial charge on any atom is -0.330 e. The summed E-state index contributed by atoms with van der Waals surface area (Å²) in [5, 5.41) is 8.89. The molecule has 0 spiro atoms. The topological polar surface area (TPSA) is 54.7 Å². The van der Waals surface area contributed by atoms with Crippen LogP contribution in [0.1, 0.15) is 5.69 Å². The molecule has 0 bridgehead atoms. The molecule has 3 N–H and O–H groups in total. The molecule has 0 saturated heterocycles. The number of hydrogen-bond donors (Lipinski definition) is 2. The number of hydrogen-bond acceptors (Lipinski definition) is 2. The number of benzene rings is 1. The summed E-state index contributed by atoms with van der Waals surface area (Å²) in [6, 6.07) is 5.64. The molecule has 0 aliphatic heterocycles. The van der Waals surface area contributed by atoms with Crippen molar-refractivity contribution in [1.82, 2.24) is 10.2 Å². The predicted molar refractivity (Wildman–Crippen MR) is 53.9 cm³/mol. The molecular weight excluding hydrogens is 186 g/mol. The van der Waals surface area contributed by atoms with Crippen molar-refractivity contribution >= 4 is 22.5 Å². The standard InChI is InChI=1S/C9H10ClN3/c10-6-1-2-8-7(5-6)9(3-4-11)13-12-8/h1-2,5H,3-4,11H2,(H,12,13). The fourth-order valence-electron chi connectivity index (χ4n) is 1.37. The number of H-pyrrole nitrogens is 1. The Morgan fingerprint density at radius 3 is 3.08 bits per heavy atom. The van der Waals surface area contributed by atoms with E-state index in [4.69, 9.17) is 17.3 Å². The van der Waals surface area contributed by atoms with Gasteiger partial charge >= 0.3 is 0 Å². The molecule has 0 amide bonds. The maximum Gasteiger partial charge on any atom is 0.0924 e. The molecule has 13 heavy (non-hydrogen) atoms. The van der Waals surface area contributed by atoms with E-state index in [0.717, 1.165) is 28.0 Å². The number of nitrogens with zero attached hydrogens (tertiary/aromatic N) is 1. The van der Waals surface area contributed by atoms with E-state index >= 15 is 0 Å². The zero-order chi connectivity index (χ0) is 9.26. The van der Waals surface area contributed by atoms with Crippen molar-refractivity contribution in [2.75, 3.05) is 6.54 Å². The SMILES string of the molecule is NCCc1[nH]nc2ccc(Cl)cc12. The summed E-state index contributed by atoms with van der Waals surface area (Å²) in [7, 11) is 0. The lowest BCUT2D eigenvalue weighted by Crippen LogP contribution is -2.03. The Morgan fingerprint density at radius 1 is 1.46 bits per heavy atom. The molecule has 3 nitrogen and oxygen atoms in total. The predicted octanol–water partition coefficient (Wildman–Crippen LogP) is 1.72. The van der Waals surface area contributed by atoms with E-state index < -0.39 is 0 Å². The van der Waals surface area contributed by atoms with Crippen molar-refractivity contribution in [1.29, 1.82) is 0 Å². The summed E-state index contributed by atoms with van der Waals surface area (Å²) < 4.78 is 0. The molecule has 1 aromatic heterocycles. The molecule has 0 fully saturated rings. The number of halogens is 1. The van der Waals surface area contributed by atoms with Gasteiger partial charge in [0.05, 0.1) is 5.52 Å². The third-order valence-corrected chi connectivity index (χ3v) is 2.22. The monoisotopic (exact) mass is 195 g/mol. The van der Waals surface area contributed by atoms with Crippen LogP contribution in [0.25, 0.3) is 10.9 Å². The van der Waals surface area contributed by atoms with E-state index in [-0.39, 0.29) is 0 Å². The second kappa shape index (κ2) is 3.36. The maximum atomic E-state index is 5.87. The van der Waals surface area contributed by atoms with Crippen molar-refractivity contribution in [2.45, 2.75) is 6.42 Å². The lowest BCUT2D eigenvalue weighted by Gasteiger charge is -1.94. The first-order chi connectivity index (χ1) is 6.31. The van der Waals surface area contributed by atoms with Gasteiger partial charge in [-0.2, -0.15) is 5.10 Å². The minimum absolute atomic E-state index is 0.615. The van der Waals surface area contributed by atoms with Crippen LogP contribution in [0.5, 0.6) is 0 Å². The second-order valence-electron chi connectivity index (χ2n) is 2.90. The zero-order valence-electron chi connectivity index (χ0n) is 7.05. The van der Waals surface area contributed by atoms with Gasteiger partial charge in [-0.3, -0.25) is 5.10 Å². The van der Waals surface area contributed by atoms with Crippen LogP contribution in [-0.2, 0) is 6.42 Å². The van der Waals surface area contributed by atoms with Gasteiger partial charge in [0, 0.05) is 22.5 Å². The van der Waals surface area contributed by atoms with Gasteiger partial charge in [0.1, 0.15) is 0 Å². The molecular formula is C9H10ClN3. The largest absolute Gasteiger partial charge is 0.330 e. The molecule has 0 atom stereocenters. The highest BCUT2D eigenvalue weighted by atomic mass is 35.5. The zero-order valence-corrected chi connectivity index (χ0v) is 7.80. The fraction of sp³-hybridized carbons (Fsp3) is 0.222. The van der Waals surface area contributed by atoms with Gasteiger partial charge in [0.15, 0.2) is 0 Å². The first-order valence-electron chi connectivity index (χ1n) is 4.14. The van der Waals surface area contributed by atoms with E-state index in [1.54, 1.807) is 0 Å². The third kappa shape index (κ3) is 1.53. The summed E-state index contributed by atoms with van der Waals surface area (Å²) in [5.74, 6) is 0. The van der Waals surface area contributed by atoms with Crippen LogP contribution in [0.2, 0.25) is 5.02 Å². The molecule has 0 radical (unpaired) electrons. The Labute approximate surface area is 80.9 Å². The van der Waals surface area contributed by atoms with E-state index in [0.29, 0.717) is 6.54 Å². The summed E-state index contributed by atoms with van der Waals surface area (Å²) in [5.41, 5.74) is 7.46. The Morgan fingerprint density at radius 2 is 2.31 bits per heavy atom. The van der Waals surface area contributed by atoms with Crippen molar-refractivity contribution in [3.8, 4) is 0 Å². The van der Waals surface area contributed by atoms with Gasteiger partial charge in [0.2, 0.25) is 0 Å². The number of aromatic amines is 1. The van der Waals surface area contributed by atoms with Gasteiger partial charge in [-0.1, -0.05) is 11.6 Å². The van der Waals surface area contributed by atoms with Gasteiger partial charge in [-0.05, 0) is 24.7 Å². The Hall–Kier alpha value is -1.06. The average Bonchev–Trinajstić information content (AvgIpc) is 2.49. The number of nitrogens with one attached hydrogen (secondary N) is 1. The molecule has 0 aliphatic carbocycles. The van der Waals surface area contributed by atoms with Crippen molar-refractivity contribution in [2.24, 2.45) is 5.73 Å². The summed E-state index contributed by atoms with van der Waals surface area (Å²) >= 11 is 5.87. The summed E-state index contributed by atoms with van der Waals surface area (Å²) in [6.45, 7) is 0.615. The quantitative estimate of drug-likeness (QED) is 0.767. The fourth-order valence-corrected chi connectivity index (χ4v) is 1.54. The lowest BCUT2D eigenvalue weighted by molar-refractivity contribution is 0.909. The molecule has 4 heteroatoms. The third-order valence-electron chi connectivity index (χ3n) is 1.99. The van der Waals surface area contributed by atoms with E-state index in [1.165, 1.54) is 0 Å². The number of fused-ring (bicyclic) bond motifs is 1. The normalized spacial score (nSPS) is 10.9. The van der Waals surface area contributed by atoms with Gasteiger partial charge in [-0.25, -0.2) is 0 Å². The molecule has 0 saturated carbocycles. The smallest absolute Gasteiger partial charge is 0.0924 e. The molecule has 1 heterocycles. The van der Waals surface area contributed by atoms with Crippen molar-refractivity contribution in [3.05, 3.63) is 28.9 Å². The lowest BCUT2D eigenvalue weighted by atomic mass is 10.2. The van der Waals surface area contributed by atoms with Crippen LogP contribution in [0.15, 0.2) is 18.2 Å². The second-order valence-corrected chi connectivity index (χ2v) is 3.34. The minimum atomic E-state index is 0.615. The highest BCUT2D eigenvalue weighted by Gasteiger charge is 2.03. The van der Waals surface area contributed by atoms with Gasteiger partial charge < -0.3 is 5.73 Å². The van der Waals surface area contributed by atoms with E-state index in [2.05, 4.69) is 10.2 Å². The number of nitrogens with two attached hydrogens (primary N) is 1. The Kier molecular flexibility index (Phi) is 2.20. The summed E-state index contributed by atoms with van der Waals surface area (Å²) in [4.78, 5) is 0. The van der Waals surface area contributed by atoms with Gasteiger partial charge in [-0.15, -0.1) is 0 Å². The maximum absolute atomic E-state index is 5.87. The molecule has 1 aromatic carbocycles. The highest BCUT2D eigenvalue weighted by Crippen LogP contribution is 2.20. The van der Waals surface area contributed by atoms with E-state index in [9.17, 15) is 0 Å². The van der Waals surface area contributed by atoms with Gasteiger partial charge in [0.25, 0.3) is 0 Å². The number of rotatable bonds is 2. The molecule has 68 valence electrons. The Balaban J connectivity index is 2.58. The van der Waals surface area contributed by atoms with Crippen molar-refractivity contribution < 1.29 is 0 Å². The first kappa shape index (κ1) is 8.53. The van der Waals surface area contributed by atoms with Crippen LogP contribution >= 0.6 is 11.6 Å². The van der Waals surface area contributed by atoms with Crippen LogP contribution in [-0.4, -0.2) is 16.7 Å². The van der Waals surface area contributed by atoms with Crippen molar-refractivity contribution in [3.63, 3.8) is 0 Å². The first-order valence-corrected chi connectivity index (χ1v) is 4.51. The van der Waals surface area contributed by atoms with Crippen LogP contribution in [0.3, 0.4) is 0 Å². The molecule has 2 rings (SSSR count). The molecule has 2 aromatic rings.